The molecule has 0 aliphatic heterocycles. The number of carbonyl (C=O) groups excluding carboxylic acids is 1. The Morgan fingerprint density at radius 1 is 1.14 bits per heavy atom. The highest BCUT2D eigenvalue weighted by molar-refractivity contribution is 5.90. The summed E-state index contributed by atoms with van der Waals surface area (Å²) in [5.74, 6) is -0.575. The van der Waals surface area contributed by atoms with Crippen LogP contribution in [0.4, 0.5) is 0 Å². The number of carbonyl (C=O) groups is 2. The minimum absolute atomic E-state index is 0.0280. The van der Waals surface area contributed by atoms with E-state index >= 15 is 0 Å². The standard InChI is InChI=1S/C17H20O4/c1-12-2-9-15(10-3-12)21-17(20)14-7-4-13(5-8-14)6-11-16(18)19/h4-8,11-12,15H,2-3,9-10H2,1H3,(H,18,19). The van der Waals surface area contributed by atoms with Crippen molar-refractivity contribution in [1.82, 2.24) is 0 Å². The van der Waals surface area contributed by atoms with Crippen molar-refractivity contribution in [2.45, 2.75) is 38.7 Å². The summed E-state index contributed by atoms with van der Waals surface area (Å²) in [4.78, 5) is 22.5. The number of benzene rings is 1. The van der Waals surface area contributed by atoms with Gasteiger partial charge in [0.25, 0.3) is 0 Å². The molecule has 1 fully saturated rings. The lowest BCUT2D eigenvalue weighted by Gasteiger charge is -2.25. The van der Waals surface area contributed by atoms with Crippen LogP contribution in [0.15, 0.2) is 30.3 Å². The summed E-state index contributed by atoms with van der Waals surface area (Å²) in [7, 11) is 0. The average Bonchev–Trinajstić information content (AvgIpc) is 2.48. The van der Waals surface area contributed by atoms with Crippen molar-refractivity contribution in [2.24, 2.45) is 5.92 Å². The summed E-state index contributed by atoms with van der Waals surface area (Å²) in [5, 5.41) is 8.56. The molecular weight excluding hydrogens is 268 g/mol. The van der Waals surface area contributed by atoms with Crippen LogP contribution in [0, 0.1) is 5.92 Å². The topological polar surface area (TPSA) is 63.6 Å². The molecule has 0 bridgehead atoms. The maximum Gasteiger partial charge on any atom is 0.338 e. The van der Waals surface area contributed by atoms with Gasteiger partial charge in [-0.05, 0) is 55.4 Å². The molecule has 21 heavy (non-hydrogen) atoms. The first-order valence-corrected chi connectivity index (χ1v) is 7.26. The fourth-order valence-corrected chi connectivity index (χ4v) is 2.46. The molecule has 2 rings (SSSR count). The van der Waals surface area contributed by atoms with Crippen LogP contribution >= 0.6 is 0 Å². The van der Waals surface area contributed by atoms with Crippen molar-refractivity contribution >= 4 is 18.0 Å². The van der Waals surface area contributed by atoms with Gasteiger partial charge in [0.2, 0.25) is 0 Å². The van der Waals surface area contributed by atoms with Gasteiger partial charge in [-0.3, -0.25) is 0 Å². The third kappa shape index (κ3) is 4.74. The molecule has 0 unspecified atom stereocenters. The number of hydrogen-bond acceptors (Lipinski definition) is 3. The van der Waals surface area contributed by atoms with Gasteiger partial charge in [-0.25, -0.2) is 9.59 Å². The van der Waals surface area contributed by atoms with Gasteiger partial charge in [0.05, 0.1) is 5.56 Å². The lowest BCUT2D eigenvalue weighted by molar-refractivity contribution is -0.131. The lowest BCUT2D eigenvalue weighted by atomic mass is 9.89. The van der Waals surface area contributed by atoms with Crippen LogP contribution in [0.1, 0.15) is 48.5 Å². The maximum atomic E-state index is 12.0. The minimum Gasteiger partial charge on any atom is -0.478 e. The fraction of sp³-hybridized carbons (Fsp3) is 0.412. The molecule has 0 atom stereocenters. The second-order valence-corrected chi connectivity index (χ2v) is 5.58. The first-order valence-electron chi connectivity index (χ1n) is 7.26. The predicted octanol–water partition coefficient (Wildman–Crippen LogP) is 3.52. The van der Waals surface area contributed by atoms with E-state index in [1.165, 1.54) is 6.08 Å². The van der Waals surface area contributed by atoms with Crippen LogP contribution in [-0.2, 0) is 9.53 Å². The third-order valence-corrected chi connectivity index (χ3v) is 3.80. The summed E-state index contributed by atoms with van der Waals surface area (Å²) >= 11 is 0. The number of esters is 1. The van der Waals surface area contributed by atoms with E-state index in [0.29, 0.717) is 5.56 Å². The van der Waals surface area contributed by atoms with Crippen molar-refractivity contribution in [3.63, 3.8) is 0 Å². The SMILES string of the molecule is CC1CCC(OC(=O)c2ccc(C=CC(=O)O)cc2)CC1. The largest absolute Gasteiger partial charge is 0.478 e. The van der Waals surface area contributed by atoms with Gasteiger partial charge < -0.3 is 9.84 Å². The molecule has 1 N–H and O–H groups in total. The van der Waals surface area contributed by atoms with Crippen LogP contribution in [0.3, 0.4) is 0 Å². The van der Waals surface area contributed by atoms with Gasteiger partial charge >= 0.3 is 11.9 Å². The van der Waals surface area contributed by atoms with Crippen molar-refractivity contribution in [1.29, 1.82) is 0 Å². The summed E-state index contributed by atoms with van der Waals surface area (Å²) in [5.41, 5.74) is 1.24. The molecule has 0 amide bonds. The van der Waals surface area contributed by atoms with Gasteiger partial charge in [0, 0.05) is 6.08 Å². The Bertz CT molecular complexity index is 522. The van der Waals surface area contributed by atoms with Crippen LogP contribution < -0.4 is 0 Å². The van der Waals surface area contributed by atoms with E-state index in [1.807, 2.05) is 0 Å². The van der Waals surface area contributed by atoms with Gasteiger partial charge in [-0.1, -0.05) is 19.1 Å². The van der Waals surface area contributed by atoms with Crippen molar-refractivity contribution < 1.29 is 19.4 Å². The van der Waals surface area contributed by atoms with Crippen molar-refractivity contribution in [3.8, 4) is 0 Å². The summed E-state index contributed by atoms with van der Waals surface area (Å²) < 4.78 is 5.51. The van der Waals surface area contributed by atoms with E-state index < -0.39 is 5.97 Å². The smallest absolute Gasteiger partial charge is 0.338 e. The first kappa shape index (κ1) is 15.3. The van der Waals surface area contributed by atoms with E-state index in [1.54, 1.807) is 24.3 Å². The zero-order chi connectivity index (χ0) is 15.2. The molecule has 1 aliphatic rings. The Balaban J connectivity index is 1.92. The zero-order valence-electron chi connectivity index (χ0n) is 12.1. The monoisotopic (exact) mass is 288 g/mol. The first-order chi connectivity index (χ1) is 10.0. The number of hydrogen-bond donors (Lipinski definition) is 1. The quantitative estimate of drug-likeness (QED) is 0.680. The van der Waals surface area contributed by atoms with Gasteiger partial charge in [-0.2, -0.15) is 0 Å². The molecular formula is C17H20O4. The molecule has 1 aromatic rings. The molecule has 0 aromatic heterocycles. The molecule has 4 heteroatoms. The third-order valence-electron chi connectivity index (χ3n) is 3.80. The van der Waals surface area contributed by atoms with E-state index in [2.05, 4.69) is 6.92 Å². The second-order valence-electron chi connectivity index (χ2n) is 5.58. The predicted molar refractivity (Wildman–Crippen MR) is 79.9 cm³/mol. The Morgan fingerprint density at radius 3 is 2.33 bits per heavy atom. The van der Waals surface area contributed by atoms with Gasteiger partial charge in [0.1, 0.15) is 6.10 Å². The molecule has 0 heterocycles. The number of carboxylic acid groups (broad SMARTS) is 1. The van der Waals surface area contributed by atoms with Crippen LogP contribution in [0.2, 0.25) is 0 Å². The molecule has 0 spiro atoms. The highest BCUT2D eigenvalue weighted by atomic mass is 16.5. The van der Waals surface area contributed by atoms with Crippen molar-refractivity contribution in [2.75, 3.05) is 0 Å². The van der Waals surface area contributed by atoms with Gasteiger partial charge in [0.15, 0.2) is 0 Å². The number of rotatable bonds is 4. The highest BCUT2D eigenvalue weighted by Gasteiger charge is 2.21. The number of carboxylic acids is 1. The van der Waals surface area contributed by atoms with E-state index in [4.69, 9.17) is 9.84 Å². The fourth-order valence-electron chi connectivity index (χ4n) is 2.46. The maximum absolute atomic E-state index is 12.0. The molecule has 1 saturated carbocycles. The summed E-state index contributed by atoms with van der Waals surface area (Å²) in [6.07, 6.45) is 6.67. The number of ether oxygens (including phenoxy) is 1. The van der Waals surface area contributed by atoms with E-state index in [9.17, 15) is 9.59 Å². The zero-order valence-corrected chi connectivity index (χ0v) is 12.1. The molecule has 0 saturated heterocycles. The van der Waals surface area contributed by atoms with Gasteiger partial charge in [-0.15, -0.1) is 0 Å². The van der Waals surface area contributed by atoms with Crippen LogP contribution in [-0.4, -0.2) is 23.1 Å². The normalized spacial score (nSPS) is 22.1. The molecule has 112 valence electrons. The van der Waals surface area contributed by atoms with Crippen LogP contribution in [0.5, 0.6) is 0 Å². The lowest BCUT2D eigenvalue weighted by Crippen LogP contribution is -2.23. The minimum atomic E-state index is -0.995. The molecule has 0 radical (unpaired) electrons. The van der Waals surface area contributed by atoms with E-state index in [-0.39, 0.29) is 12.1 Å². The Labute approximate surface area is 124 Å². The summed E-state index contributed by atoms with van der Waals surface area (Å²) in [6.45, 7) is 2.22. The molecule has 1 aliphatic carbocycles. The molecule has 4 nitrogen and oxygen atoms in total. The second kappa shape index (κ2) is 7.07. The highest BCUT2D eigenvalue weighted by Crippen LogP contribution is 2.26. The van der Waals surface area contributed by atoms with Crippen LogP contribution in [0.25, 0.3) is 6.08 Å². The number of aliphatic carboxylic acids is 1. The van der Waals surface area contributed by atoms with Crippen molar-refractivity contribution in [3.05, 3.63) is 41.5 Å². The van der Waals surface area contributed by atoms with E-state index in [0.717, 1.165) is 43.2 Å². The molecule has 1 aromatic carbocycles. The average molecular weight is 288 g/mol. The summed E-state index contributed by atoms with van der Waals surface area (Å²) in [6, 6.07) is 6.74. The Kier molecular flexibility index (Phi) is 5.14. The Hall–Kier alpha value is -2.10. The Morgan fingerprint density at radius 2 is 1.76 bits per heavy atom.